The molecular weight excluding hydrogens is 297 g/mol. The molecule has 0 atom stereocenters. The third-order valence-electron chi connectivity index (χ3n) is 4.35. The molecule has 5 nitrogen and oxygen atoms in total. The van der Waals surface area contributed by atoms with Gasteiger partial charge in [-0.3, -0.25) is 9.78 Å². The summed E-state index contributed by atoms with van der Waals surface area (Å²) in [4.78, 5) is 18.2. The molecule has 2 aliphatic rings. The van der Waals surface area contributed by atoms with E-state index in [0.717, 1.165) is 39.0 Å². The largest absolute Gasteiger partial charge is 0.426 e. The van der Waals surface area contributed by atoms with Crippen LogP contribution in [0.4, 0.5) is 10.1 Å². The monoisotopic (exact) mass is 315 g/mol. The number of hydrogen-bond donors (Lipinski definition) is 1. The lowest BCUT2D eigenvalue weighted by Crippen LogP contribution is -2.43. The highest BCUT2D eigenvalue weighted by molar-refractivity contribution is 5.90. The van der Waals surface area contributed by atoms with Crippen LogP contribution in [0.3, 0.4) is 0 Å². The molecule has 1 saturated heterocycles. The van der Waals surface area contributed by atoms with Crippen molar-refractivity contribution in [2.75, 3.05) is 31.1 Å². The molecule has 1 saturated carbocycles. The Morgan fingerprint density at radius 3 is 2.83 bits per heavy atom. The first kappa shape index (κ1) is 14.4. The maximum absolute atomic E-state index is 14.6. The van der Waals surface area contributed by atoms with Crippen LogP contribution < -0.4 is 15.0 Å². The van der Waals surface area contributed by atoms with Gasteiger partial charge in [0.1, 0.15) is 11.6 Å². The molecule has 2 aromatic rings. The van der Waals surface area contributed by atoms with Crippen molar-refractivity contribution >= 4 is 22.6 Å². The van der Waals surface area contributed by atoms with E-state index in [4.69, 9.17) is 4.74 Å². The van der Waals surface area contributed by atoms with Gasteiger partial charge in [0.15, 0.2) is 0 Å². The number of ether oxygens (including phenoxy) is 1. The van der Waals surface area contributed by atoms with Crippen molar-refractivity contribution in [3.05, 3.63) is 30.2 Å². The minimum Gasteiger partial charge on any atom is -0.426 e. The second-order valence-electron chi connectivity index (χ2n) is 6.06. The van der Waals surface area contributed by atoms with Crippen LogP contribution in [0.25, 0.3) is 10.9 Å². The summed E-state index contributed by atoms with van der Waals surface area (Å²) in [6.07, 6.45) is 3.35. The highest BCUT2D eigenvalue weighted by Gasteiger charge is 2.32. The molecule has 1 aliphatic heterocycles. The van der Waals surface area contributed by atoms with E-state index < -0.39 is 0 Å². The number of benzene rings is 1. The van der Waals surface area contributed by atoms with Crippen molar-refractivity contribution in [2.24, 2.45) is 5.92 Å². The summed E-state index contributed by atoms with van der Waals surface area (Å²) < 4.78 is 20.0. The summed E-state index contributed by atoms with van der Waals surface area (Å²) in [7, 11) is 0. The maximum Gasteiger partial charge on any atom is 0.314 e. The second-order valence-corrected chi connectivity index (χ2v) is 6.06. The number of aromatic nitrogens is 1. The zero-order valence-corrected chi connectivity index (χ0v) is 12.7. The van der Waals surface area contributed by atoms with Crippen molar-refractivity contribution < 1.29 is 13.9 Å². The second kappa shape index (κ2) is 5.77. The van der Waals surface area contributed by atoms with E-state index in [-0.39, 0.29) is 17.7 Å². The number of pyridine rings is 1. The number of carbonyl (C=O) groups is 1. The SMILES string of the molecule is O=C(Oc1ccnc2cc(N3CCNCC3)c(F)cc12)C1CC1. The molecule has 0 radical (unpaired) electrons. The average molecular weight is 315 g/mol. The molecule has 1 aliphatic carbocycles. The molecule has 4 rings (SSSR count). The van der Waals surface area contributed by atoms with Crippen LogP contribution in [0.2, 0.25) is 0 Å². The number of rotatable bonds is 3. The topological polar surface area (TPSA) is 54.5 Å². The molecule has 0 unspecified atom stereocenters. The van der Waals surface area contributed by atoms with Crippen LogP contribution in [0.15, 0.2) is 24.4 Å². The Hall–Kier alpha value is -2.21. The van der Waals surface area contributed by atoms with Crippen molar-refractivity contribution in [1.29, 1.82) is 0 Å². The van der Waals surface area contributed by atoms with Crippen LogP contribution in [0.5, 0.6) is 5.75 Å². The predicted octanol–water partition coefficient (Wildman–Crippen LogP) is 2.10. The summed E-state index contributed by atoms with van der Waals surface area (Å²) in [5.74, 6) is -0.152. The Bertz CT molecular complexity index is 755. The normalized spacial score (nSPS) is 18.2. The Morgan fingerprint density at radius 1 is 1.30 bits per heavy atom. The van der Waals surface area contributed by atoms with Gasteiger partial charge < -0.3 is 15.0 Å². The Kier molecular flexibility index (Phi) is 3.61. The van der Waals surface area contributed by atoms with Crippen LogP contribution in [0, 0.1) is 11.7 Å². The lowest BCUT2D eigenvalue weighted by atomic mass is 10.1. The van der Waals surface area contributed by atoms with Gasteiger partial charge in [0, 0.05) is 37.8 Å². The van der Waals surface area contributed by atoms with Crippen molar-refractivity contribution in [3.8, 4) is 5.75 Å². The Labute approximate surface area is 133 Å². The van der Waals surface area contributed by atoms with Crippen LogP contribution in [-0.4, -0.2) is 37.1 Å². The van der Waals surface area contributed by atoms with E-state index in [2.05, 4.69) is 10.3 Å². The molecule has 2 fully saturated rings. The van der Waals surface area contributed by atoms with Gasteiger partial charge in [0.2, 0.25) is 0 Å². The van der Waals surface area contributed by atoms with Crippen LogP contribution in [0.1, 0.15) is 12.8 Å². The number of esters is 1. The van der Waals surface area contributed by atoms with Crippen LogP contribution in [-0.2, 0) is 4.79 Å². The van der Waals surface area contributed by atoms with Gasteiger partial charge in [0.25, 0.3) is 0 Å². The molecule has 1 N–H and O–H groups in total. The van der Waals surface area contributed by atoms with E-state index >= 15 is 0 Å². The van der Waals surface area contributed by atoms with Crippen molar-refractivity contribution in [3.63, 3.8) is 0 Å². The standard InChI is InChI=1S/C17H18FN3O2/c18-13-9-12-14(10-15(13)21-7-5-19-6-8-21)20-4-3-16(12)23-17(22)11-1-2-11/h3-4,9-11,19H,1-2,5-8H2. The van der Waals surface area contributed by atoms with Gasteiger partial charge in [-0.05, 0) is 31.0 Å². The van der Waals surface area contributed by atoms with E-state index in [0.29, 0.717) is 22.3 Å². The fourth-order valence-corrected chi connectivity index (χ4v) is 2.88. The summed E-state index contributed by atoms with van der Waals surface area (Å²) in [5.41, 5.74) is 1.19. The number of hydrogen-bond acceptors (Lipinski definition) is 5. The summed E-state index contributed by atoms with van der Waals surface area (Å²) >= 11 is 0. The summed E-state index contributed by atoms with van der Waals surface area (Å²) in [6, 6.07) is 4.78. The molecule has 120 valence electrons. The molecule has 0 amide bonds. The van der Waals surface area contributed by atoms with E-state index in [1.54, 1.807) is 18.3 Å². The van der Waals surface area contributed by atoms with E-state index in [1.807, 2.05) is 4.90 Å². The van der Waals surface area contributed by atoms with Gasteiger partial charge in [-0.15, -0.1) is 0 Å². The molecule has 6 heteroatoms. The molecule has 0 bridgehead atoms. The first-order chi connectivity index (χ1) is 11.2. The van der Waals surface area contributed by atoms with Crippen LogP contribution >= 0.6 is 0 Å². The fraction of sp³-hybridized carbons (Fsp3) is 0.412. The molecule has 1 aromatic carbocycles. The Balaban J connectivity index is 1.70. The Morgan fingerprint density at radius 2 is 2.09 bits per heavy atom. The average Bonchev–Trinajstić information content (AvgIpc) is 3.41. The van der Waals surface area contributed by atoms with Crippen molar-refractivity contribution in [2.45, 2.75) is 12.8 Å². The summed E-state index contributed by atoms with van der Waals surface area (Å²) in [6.45, 7) is 3.20. The molecule has 2 heterocycles. The first-order valence-corrected chi connectivity index (χ1v) is 7.98. The number of fused-ring (bicyclic) bond motifs is 1. The number of anilines is 1. The highest BCUT2D eigenvalue weighted by atomic mass is 19.1. The summed E-state index contributed by atoms with van der Waals surface area (Å²) in [5, 5.41) is 3.79. The number of nitrogens with zero attached hydrogens (tertiary/aromatic N) is 2. The third kappa shape index (κ3) is 2.86. The smallest absolute Gasteiger partial charge is 0.314 e. The number of piperazine rings is 1. The zero-order valence-electron chi connectivity index (χ0n) is 12.7. The zero-order chi connectivity index (χ0) is 15.8. The lowest BCUT2D eigenvalue weighted by molar-refractivity contribution is -0.135. The molecule has 23 heavy (non-hydrogen) atoms. The van der Waals surface area contributed by atoms with Gasteiger partial charge in [-0.2, -0.15) is 0 Å². The van der Waals surface area contributed by atoms with E-state index in [9.17, 15) is 9.18 Å². The maximum atomic E-state index is 14.6. The number of nitrogens with one attached hydrogen (secondary N) is 1. The van der Waals surface area contributed by atoms with Gasteiger partial charge in [-0.25, -0.2) is 4.39 Å². The van der Waals surface area contributed by atoms with Crippen molar-refractivity contribution in [1.82, 2.24) is 10.3 Å². The minimum atomic E-state index is -0.309. The predicted molar refractivity (Wildman–Crippen MR) is 85.1 cm³/mol. The molecule has 1 aromatic heterocycles. The molecular formula is C17H18FN3O2. The number of carbonyl (C=O) groups excluding carboxylic acids is 1. The fourth-order valence-electron chi connectivity index (χ4n) is 2.88. The first-order valence-electron chi connectivity index (χ1n) is 7.98. The van der Waals surface area contributed by atoms with E-state index in [1.165, 1.54) is 6.07 Å². The number of halogens is 1. The van der Waals surface area contributed by atoms with Gasteiger partial charge in [0.05, 0.1) is 17.1 Å². The van der Waals surface area contributed by atoms with Gasteiger partial charge >= 0.3 is 5.97 Å². The quantitative estimate of drug-likeness (QED) is 0.879. The third-order valence-corrected chi connectivity index (χ3v) is 4.35. The molecule has 0 spiro atoms. The highest BCUT2D eigenvalue weighted by Crippen LogP contribution is 2.34. The lowest BCUT2D eigenvalue weighted by Gasteiger charge is -2.29. The minimum absolute atomic E-state index is 0.00295. The van der Waals surface area contributed by atoms with Gasteiger partial charge in [-0.1, -0.05) is 0 Å².